The van der Waals surface area contributed by atoms with E-state index in [1.807, 2.05) is 60.0 Å². The minimum atomic E-state index is -0.698. The number of hydrogen-bond acceptors (Lipinski definition) is 5. The summed E-state index contributed by atoms with van der Waals surface area (Å²) in [5.41, 5.74) is 4.58. The quantitative estimate of drug-likeness (QED) is 0.296. The van der Waals surface area contributed by atoms with Crippen LogP contribution in [0.2, 0.25) is 0 Å². The van der Waals surface area contributed by atoms with Crippen molar-refractivity contribution in [3.05, 3.63) is 121 Å². The Balaban J connectivity index is 1.87. The molecule has 1 N–H and O–H groups in total. The average molecular weight is 494 g/mol. The van der Waals surface area contributed by atoms with Crippen molar-refractivity contribution in [1.82, 2.24) is 13.7 Å². The lowest BCUT2D eigenvalue weighted by Gasteiger charge is -2.31. The minimum Gasteiger partial charge on any atom is -0.371 e. The first kappa shape index (κ1) is 22.5. The highest BCUT2D eigenvalue weighted by molar-refractivity contribution is 5.99. The number of aryl methyl sites for hydroxylation is 2. The van der Waals surface area contributed by atoms with Crippen LogP contribution in [0.5, 0.6) is 0 Å². The Bertz CT molecular complexity index is 1860. The summed E-state index contributed by atoms with van der Waals surface area (Å²) >= 11 is 0. The normalized spacial score (nSPS) is 14.2. The van der Waals surface area contributed by atoms with E-state index >= 15 is 0 Å². The van der Waals surface area contributed by atoms with Crippen molar-refractivity contribution >= 4 is 22.3 Å². The van der Waals surface area contributed by atoms with Crippen molar-refractivity contribution in [3.8, 4) is 16.9 Å². The number of nitro benzene ring substituents is 1. The maximum atomic E-state index is 13.7. The fourth-order valence-corrected chi connectivity index (χ4v) is 5.33. The molecule has 0 bridgehead atoms. The summed E-state index contributed by atoms with van der Waals surface area (Å²) in [7, 11) is 3.09. The number of fused-ring (bicyclic) bond motifs is 5. The molecule has 0 radical (unpaired) electrons. The van der Waals surface area contributed by atoms with Gasteiger partial charge in [0.1, 0.15) is 6.04 Å². The SMILES string of the molecule is Cc1ccc(-c2c3c(=O)n(C)c(=O)n(C)c3c3n2-c2ccccc2NC3c2ccccc2[N+](=O)[O-])cc1. The topological polar surface area (TPSA) is 104 Å². The largest absolute Gasteiger partial charge is 0.371 e. The Morgan fingerprint density at radius 2 is 1.57 bits per heavy atom. The van der Waals surface area contributed by atoms with Crippen molar-refractivity contribution in [2.45, 2.75) is 13.0 Å². The van der Waals surface area contributed by atoms with Gasteiger partial charge in [0, 0.05) is 20.2 Å². The molecule has 9 nitrogen and oxygen atoms in total. The molecule has 0 amide bonds. The second-order valence-corrected chi connectivity index (χ2v) is 9.28. The molecule has 1 aliphatic heterocycles. The molecule has 0 aliphatic carbocycles. The van der Waals surface area contributed by atoms with Gasteiger partial charge in [0.25, 0.3) is 11.2 Å². The molecule has 1 atom stereocenters. The van der Waals surface area contributed by atoms with Crippen LogP contribution in [-0.4, -0.2) is 18.6 Å². The number of nitro groups is 1. The maximum absolute atomic E-state index is 13.7. The molecule has 184 valence electrons. The van der Waals surface area contributed by atoms with Gasteiger partial charge in [-0.05, 0) is 30.7 Å². The van der Waals surface area contributed by atoms with Crippen LogP contribution >= 0.6 is 0 Å². The third-order valence-electron chi connectivity index (χ3n) is 7.10. The number of anilines is 1. The number of aromatic nitrogens is 3. The zero-order valence-electron chi connectivity index (χ0n) is 20.4. The molecule has 0 fully saturated rings. The van der Waals surface area contributed by atoms with E-state index in [9.17, 15) is 19.7 Å². The summed E-state index contributed by atoms with van der Waals surface area (Å²) in [5.74, 6) is 0. The molecule has 5 aromatic rings. The predicted molar refractivity (Wildman–Crippen MR) is 142 cm³/mol. The van der Waals surface area contributed by atoms with E-state index in [0.29, 0.717) is 27.9 Å². The summed E-state index contributed by atoms with van der Waals surface area (Å²) in [6.45, 7) is 1.99. The van der Waals surface area contributed by atoms with Crippen LogP contribution in [0.25, 0.3) is 27.8 Å². The van der Waals surface area contributed by atoms with Gasteiger partial charge in [-0.1, -0.05) is 54.1 Å². The molecule has 3 heterocycles. The van der Waals surface area contributed by atoms with E-state index in [4.69, 9.17) is 0 Å². The van der Waals surface area contributed by atoms with Crippen LogP contribution in [0.3, 0.4) is 0 Å². The highest BCUT2D eigenvalue weighted by Crippen LogP contribution is 2.46. The van der Waals surface area contributed by atoms with E-state index < -0.39 is 22.2 Å². The van der Waals surface area contributed by atoms with Crippen LogP contribution in [0.15, 0.2) is 82.4 Å². The van der Waals surface area contributed by atoms with Crippen LogP contribution in [0.4, 0.5) is 11.4 Å². The highest BCUT2D eigenvalue weighted by atomic mass is 16.6. The van der Waals surface area contributed by atoms with Crippen molar-refractivity contribution < 1.29 is 4.92 Å². The molecular formula is C28H23N5O4. The molecule has 0 spiro atoms. The molecule has 6 rings (SSSR count). The van der Waals surface area contributed by atoms with Crippen LogP contribution < -0.4 is 16.6 Å². The van der Waals surface area contributed by atoms with Gasteiger partial charge in [-0.2, -0.15) is 0 Å². The van der Waals surface area contributed by atoms with E-state index in [1.54, 1.807) is 25.2 Å². The Morgan fingerprint density at radius 1 is 0.892 bits per heavy atom. The van der Waals surface area contributed by atoms with Crippen LogP contribution in [0, 0.1) is 17.0 Å². The summed E-state index contributed by atoms with van der Waals surface area (Å²) in [6, 6.07) is 21.3. The van der Waals surface area contributed by atoms with Gasteiger partial charge < -0.3 is 9.88 Å². The molecule has 37 heavy (non-hydrogen) atoms. The second-order valence-electron chi connectivity index (χ2n) is 9.28. The standard InChI is InChI=1S/C28H23N5O4/c1-16-12-14-17(15-13-16)24-22-25(30(2)28(35)31(3)27(22)34)26-23(18-8-4-6-10-20(18)33(36)37)29-19-9-5-7-11-21(19)32(24)26/h4-15,23,29H,1-3H3. The van der Waals surface area contributed by atoms with Gasteiger partial charge in [-0.25, -0.2) is 4.79 Å². The first-order valence-corrected chi connectivity index (χ1v) is 11.8. The lowest BCUT2D eigenvalue weighted by molar-refractivity contribution is -0.385. The Labute approximate surface area is 211 Å². The molecular weight excluding hydrogens is 470 g/mol. The van der Waals surface area contributed by atoms with E-state index in [-0.39, 0.29) is 5.69 Å². The number of nitrogens with one attached hydrogen (secondary N) is 1. The van der Waals surface area contributed by atoms with Crippen molar-refractivity contribution in [2.24, 2.45) is 14.1 Å². The second kappa shape index (κ2) is 8.06. The van der Waals surface area contributed by atoms with E-state index in [0.717, 1.165) is 27.1 Å². The molecule has 1 aliphatic rings. The van der Waals surface area contributed by atoms with Gasteiger partial charge in [-0.15, -0.1) is 0 Å². The molecule has 1 unspecified atom stereocenters. The van der Waals surface area contributed by atoms with Gasteiger partial charge in [0.05, 0.1) is 44.2 Å². The summed E-state index contributed by atoms with van der Waals surface area (Å²) in [4.78, 5) is 38.5. The fraction of sp³-hybridized carbons (Fsp3) is 0.143. The zero-order chi connectivity index (χ0) is 26.0. The number of para-hydroxylation sites is 3. The predicted octanol–water partition coefficient (Wildman–Crippen LogP) is 4.43. The summed E-state index contributed by atoms with van der Waals surface area (Å²) in [5, 5.41) is 15.9. The van der Waals surface area contributed by atoms with E-state index in [2.05, 4.69) is 5.32 Å². The summed E-state index contributed by atoms with van der Waals surface area (Å²) in [6.07, 6.45) is 0. The van der Waals surface area contributed by atoms with Crippen LogP contribution in [-0.2, 0) is 14.1 Å². The molecule has 3 aromatic carbocycles. The monoisotopic (exact) mass is 493 g/mol. The number of benzene rings is 3. The molecule has 9 heteroatoms. The Hall–Kier alpha value is -4.92. The molecule has 2 aromatic heterocycles. The van der Waals surface area contributed by atoms with Crippen molar-refractivity contribution in [2.75, 3.05) is 5.32 Å². The number of hydrogen-bond donors (Lipinski definition) is 1. The van der Waals surface area contributed by atoms with Crippen molar-refractivity contribution in [1.29, 1.82) is 0 Å². The molecule has 0 saturated heterocycles. The maximum Gasteiger partial charge on any atom is 0.331 e. The van der Waals surface area contributed by atoms with E-state index in [1.165, 1.54) is 17.7 Å². The number of rotatable bonds is 3. The highest BCUT2D eigenvalue weighted by Gasteiger charge is 2.37. The van der Waals surface area contributed by atoms with Crippen molar-refractivity contribution in [3.63, 3.8) is 0 Å². The lowest BCUT2D eigenvalue weighted by Crippen LogP contribution is -2.37. The fourth-order valence-electron chi connectivity index (χ4n) is 5.33. The van der Waals surface area contributed by atoms with Crippen LogP contribution in [0.1, 0.15) is 22.9 Å². The van der Waals surface area contributed by atoms with Gasteiger partial charge in [-0.3, -0.25) is 24.0 Å². The Morgan fingerprint density at radius 3 is 2.30 bits per heavy atom. The third-order valence-corrected chi connectivity index (χ3v) is 7.10. The smallest absolute Gasteiger partial charge is 0.331 e. The third kappa shape index (κ3) is 3.17. The lowest BCUT2D eigenvalue weighted by atomic mass is 9.98. The number of nitrogens with zero attached hydrogens (tertiary/aromatic N) is 4. The van der Waals surface area contributed by atoms with Gasteiger partial charge >= 0.3 is 5.69 Å². The van der Waals surface area contributed by atoms with Gasteiger partial charge in [0.15, 0.2) is 0 Å². The molecule has 0 saturated carbocycles. The first-order valence-electron chi connectivity index (χ1n) is 11.8. The zero-order valence-corrected chi connectivity index (χ0v) is 20.4. The summed E-state index contributed by atoms with van der Waals surface area (Å²) < 4.78 is 4.53. The minimum absolute atomic E-state index is 0.0500. The Kier molecular flexibility index (Phi) is 4.91. The average Bonchev–Trinajstić information content (AvgIpc) is 3.27. The van der Waals surface area contributed by atoms with Gasteiger partial charge in [0.2, 0.25) is 0 Å². The first-order chi connectivity index (χ1) is 17.8.